The van der Waals surface area contributed by atoms with E-state index in [2.05, 4.69) is 0 Å². The molecule has 2 aromatic carbocycles. The number of carbonyl (C=O) groups excluding carboxylic acids is 2. The van der Waals surface area contributed by atoms with E-state index in [0.717, 1.165) is 5.56 Å². The zero-order valence-electron chi connectivity index (χ0n) is 18.7. The van der Waals surface area contributed by atoms with Gasteiger partial charge in [0.15, 0.2) is 0 Å². The van der Waals surface area contributed by atoms with Crippen molar-refractivity contribution in [2.24, 2.45) is 0 Å². The summed E-state index contributed by atoms with van der Waals surface area (Å²) in [5.74, 6) is 0.530. The second-order valence-electron chi connectivity index (χ2n) is 7.93. The lowest BCUT2D eigenvalue weighted by Gasteiger charge is -2.29. The Balaban J connectivity index is 1.76. The second kappa shape index (κ2) is 11.4. The molecule has 168 valence electrons. The van der Waals surface area contributed by atoms with Crippen LogP contribution in [0.5, 0.6) is 17.2 Å². The predicted molar refractivity (Wildman–Crippen MR) is 118 cm³/mol. The van der Waals surface area contributed by atoms with E-state index in [9.17, 15) is 14.7 Å². The molecule has 0 heterocycles. The van der Waals surface area contributed by atoms with Crippen molar-refractivity contribution in [1.29, 1.82) is 0 Å². The van der Waals surface area contributed by atoms with E-state index < -0.39 is 5.60 Å². The van der Waals surface area contributed by atoms with Crippen molar-refractivity contribution >= 4 is 11.9 Å². The van der Waals surface area contributed by atoms with Crippen molar-refractivity contribution < 1.29 is 28.9 Å². The summed E-state index contributed by atoms with van der Waals surface area (Å²) in [5, 5.41) is 9.70. The number of phenols is 1. The van der Waals surface area contributed by atoms with Crippen LogP contribution in [0.3, 0.4) is 0 Å². The van der Waals surface area contributed by atoms with Gasteiger partial charge in [-0.2, -0.15) is 0 Å². The van der Waals surface area contributed by atoms with E-state index in [1.807, 2.05) is 39.8 Å². The molecule has 0 amide bonds. The molecular weight excluding hydrogens is 396 g/mol. The molecule has 2 aromatic rings. The first-order chi connectivity index (χ1) is 14.7. The van der Waals surface area contributed by atoms with Crippen molar-refractivity contribution in [3.05, 3.63) is 54.1 Å². The molecule has 1 atom stereocenters. The smallest absolute Gasteiger partial charge is 0.311 e. The maximum atomic E-state index is 12.3. The number of hydrogen-bond donors (Lipinski definition) is 1. The number of unbranched alkanes of at least 4 members (excludes halogenated alkanes) is 1. The highest BCUT2D eigenvalue weighted by molar-refractivity contribution is 5.73. The summed E-state index contributed by atoms with van der Waals surface area (Å²) in [5.41, 5.74) is -0.0618. The molecule has 0 aliphatic carbocycles. The molecule has 31 heavy (non-hydrogen) atoms. The van der Waals surface area contributed by atoms with E-state index in [1.165, 1.54) is 0 Å². The molecule has 0 saturated carbocycles. The summed E-state index contributed by atoms with van der Waals surface area (Å²) in [4.78, 5) is 24.4. The van der Waals surface area contributed by atoms with Crippen LogP contribution >= 0.6 is 0 Å². The number of esters is 2. The zero-order chi connectivity index (χ0) is 22.9. The quantitative estimate of drug-likeness (QED) is 0.289. The molecule has 0 aliphatic heterocycles. The topological polar surface area (TPSA) is 82.1 Å². The fourth-order valence-electron chi connectivity index (χ4n) is 3.08. The lowest BCUT2D eigenvalue weighted by Crippen LogP contribution is -2.28. The SMILES string of the molecule is CCC(C)(OC(=O)CCCCC(=O)Oc1cccc(OC(C)C)c1)c1cccc(O)c1. The van der Waals surface area contributed by atoms with Crippen molar-refractivity contribution in [1.82, 2.24) is 0 Å². The van der Waals surface area contributed by atoms with Gasteiger partial charge in [-0.05, 0) is 69.9 Å². The molecule has 0 fully saturated rings. The maximum Gasteiger partial charge on any atom is 0.311 e. The molecule has 2 rings (SSSR count). The van der Waals surface area contributed by atoms with Gasteiger partial charge in [0.05, 0.1) is 6.10 Å². The minimum atomic E-state index is -0.808. The van der Waals surface area contributed by atoms with Crippen LogP contribution in [0.15, 0.2) is 48.5 Å². The molecule has 0 aliphatic rings. The van der Waals surface area contributed by atoms with E-state index in [1.54, 1.807) is 36.4 Å². The third kappa shape index (κ3) is 7.96. The normalized spacial score (nSPS) is 12.8. The zero-order valence-corrected chi connectivity index (χ0v) is 18.7. The van der Waals surface area contributed by atoms with Gasteiger partial charge in [-0.15, -0.1) is 0 Å². The average molecular weight is 429 g/mol. The number of carbonyl (C=O) groups is 2. The highest BCUT2D eigenvalue weighted by atomic mass is 16.6. The second-order valence-corrected chi connectivity index (χ2v) is 7.93. The molecule has 6 heteroatoms. The molecule has 0 bridgehead atoms. The lowest BCUT2D eigenvalue weighted by atomic mass is 9.92. The van der Waals surface area contributed by atoms with Crippen LogP contribution in [0, 0.1) is 0 Å². The minimum Gasteiger partial charge on any atom is -0.508 e. The van der Waals surface area contributed by atoms with Crippen molar-refractivity contribution in [2.45, 2.75) is 71.5 Å². The Morgan fingerprint density at radius 3 is 2.26 bits per heavy atom. The number of phenolic OH excluding ortho intramolecular Hbond substituents is 1. The summed E-state index contributed by atoms with van der Waals surface area (Å²) < 4.78 is 16.6. The Morgan fingerprint density at radius 1 is 0.968 bits per heavy atom. The number of aromatic hydroxyl groups is 1. The van der Waals surface area contributed by atoms with Gasteiger partial charge in [0.1, 0.15) is 22.8 Å². The first-order valence-electron chi connectivity index (χ1n) is 10.7. The predicted octanol–water partition coefficient (Wildman–Crippen LogP) is 5.51. The van der Waals surface area contributed by atoms with Crippen LogP contribution < -0.4 is 9.47 Å². The summed E-state index contributed by atoms with van der Waals surface area (Å²) in [7, 11) is 0. The Morgan fingerprint density at radius 2 is 1.61 bits per heavy atom. The van der Waals surface area contributed by atoms with E-state index >= 15 is 0 Å². The fourth-order valence-corrected chi connectivity index (χ4v) is 3.08. The Labute approximate surface area is 184 Å². The van der Waals surface area contributed by atoms with Crippen molar-refractivity contribution in [3.63, 3.8) is 0 Å². The van der Waals surface area contributed by atoms with E-state index in [0.29, 0.717) is 30.8 Å². The maximum absolute atomic E-state index is 12.3. The van der Waals surface area contributed by atoms with Crippen LogP contribution in [-0.2, 0) is 19.9 Å². The highest BCUT2D eigenvalue weighted by Gasteiger charge is 2.29. The average Bonchev–Trinajstić information content (AvgIpc) is 2.71. The van der Waals surface area contributed by atoms with Gasteiger partial charge in [0, 0.05) is 18.9 Å². The van der Waals surface area contributed by atoms with Gasteiger partial charge in [0.25, 0.3) is 0 Å². The number of benzene rings is 2. The Kier molecular flexibility index (Phi) is 8.91. The van der Waals surface area contributed by atoms with Crippen LogP contribution in [-0.4, -0.2) is 23.1 Å². The van der Waals surface area contributed by atoms with Gasteiger partial charge < -0.3 is 19.3 Å². The molecule has 0 aromatic heterocycles. The van der Waals surface area contributed by atoms with E-state index in [4.69, 9.17) is 14.2 Å². The monoisotopic (exact) mass is 428 g/mol. The summed E-state index contributed by atoms with van der Waals surface area (Å²) >= 11 is 0. The summed E-state index contributed by atoms with van der Waals surface area (Å²) in [6.45, 7) is 7.61. The molecule has 1 unspecified atom stereocenters. The molecule has 0 radical (unpaired) electrons. The first-order valence-corrected chi connectivity index (χ1v) is 10.7. The standard InChI is InChI=1S/C25H32O6/c1-5-25(4,19-10-8-11-20(26)16-19)31-24(28)15-7-6-14-23(27)30-22-13-9-12-21(17-22)29-18(2)3/h8-13,16-18,26H,5-7,14-15H2,1-4H3. The lowest BCUT2D eigenvalue weighted by molar-refractivity contribution is -0.160. The van der Waals surface area contributed by atoms with Crippen LogP contribution in [0.25, 0.3) is 0 Å². The van der Waals surface area contributed by atoms with Crippen molar-refractivity contribution in [2.75, 3.05) is 0 Å². The van der Waals surface area contributed by atoms with Gasteiger partial charge >= 0.3 is 11.9 Å². The molecule has 0 spiro atoms. The number of rotatable bonds is 11. The molecular formula is C25H32O6. The largest absolute Gasteiger partial charge is 0.508 e. The van der Waals surface area contributed by atoms with Crippen LogP contribution in [0.4, 0.5) is 0 Å². The van der Waals surface area contributed by atoms with Crippen LogP contribution in [0.1, 0.15) is 65.4 Å². The summed E-state index contributed by atoms with van der Waals surface area (Å²) in [6.07, 6.45) is 2.07. The molecule has 6 nitrogen and oxygen atoms in total. The number of hydrogen-bond acceptors (Lipinski definition) is 6. The fraction of sp³-hybridized carbons (Fsp3) is 0.440. The third-order valence-corrected chi connectivity index (χ3v) is 4.89. The first kappa shape index (κ1) is 24.3. The van der Waals surface area contributed by atoms with E-state index in [-0.39, 0.29) is 36.6 Å². The van der Waals surface area contributed by atoms with Crippen molar-refractivity contribution in [3.8, 4) is 17.2 Å². The molecule has 1 N–H and O–H groups in total. The van der Waals surface area contributed by atoms with Gasteiger partial charge in [-0.1, -0.05) is 25.1 Å². The molecule has 0 saturated heterocycles. The van der Waals surface area contributed by atoms with Crippen LogP contribution in [0.2, 0.25) is 0 Å². The highest BCUT2D eigenvalue weighted by Crippen LogP contribution is 2.31. The minimum absolute atomic E-state index is 0.0350. The summed E-state index contributed by atoms with van der Waals surface area (Å²) in [6, 6.07) is 13.7. The van der Waals surface area contributed by atoms with Gasteiger partial charge in [-0.25, -0.2) is 0 Å². The Bertz CT molecular complexity index is 876. The van der Waals surface area contributed by atoms with Gasteiger partial charge in [-0.3, -0.25) is 9.59 Å². The van der Waals surface area contributed by atoms with Gasteiger partial charge in [0.2, 0.25) is 0 Å². The Hall–Kier alpha value is -3.02. The third-order valence-electron chi connectivity index (χ3n) is 4.89. The number of ether oxygens (including phenoxy) is 3.